The Morgan fingerprint density at radius 3 is 3.13 bits per heavy atom. The van der Waals surface area contributed by atoms with E-state index in [2.05, 4.69) is 22.3 Å². The normalized spacial score (nSPS) is 14.4. The average Bonchev–Trinajstić information content (AvgIpc) is 2.82. The van der Waals surface area contributed by atoms with Crippen molar-refractivity contribution in [1.29, 1.82) is 0 Å². The Morgan fingerprint density at radius 2 is 2.27 bits per heavy atom. The molecule has 0 spiro atoms. The number of nitrogens with zero attached hydrogens (tertiary/aromatic N) is 1. The second-order valence-electron chi connectivity index (χ2n) is 3.73. The second kappa shape index (κ2) is 3.42. The number of aryl methyl sites for hydroxylation is 1. The maximum Gasteiger partial charge on any atom is 0.122 e. The van der Waals surface area contributed by atoms with Crippen molar-refractivity contribution in [3.8, 4) is 17.0 Å². The van der Waals surface area contributed by atoms with Crippen LogP contribution in [0, 0.1) is 0 Å². The molecule has 1 aliphatic rings. The molecular formula is C12H12N2O. The van der Waals surface area contributed by atoms with Gasteiger partial charge in [0, 0.05) is 11.8 Å². The summed E-state index contributed by atoms with van der Waals surface area (Å²) in [5.41, 5.74) is 3.44. The van der Waals surface area contributed by atoms with Crippen molar-refractivity contribution in [2.24, 2.45) is 0 Å². The molecule has 3 heteroatoms. The van der Waals surface area contributed by atoms with Crippen molar-refractivity contribution in [3.05, 3.63) is 36.0 Å². The molecule has 0 fully saturated rings. The van der Waals surface area contributed by atoms with E-state index < -0.39 is 0 Å². The fraction of sp³-hybridized carbons (Fsp3) is 0.250. The van der Waals surface area contributed by atoms with Gasteiger partial charge in [0.1, 0.15) is 5.75 Å². The third kappa shape index (κ3) is 1.50. The topological polar surface area (TPSA) is 37.9 Å². The van der Waals surface area contributed by atoms with E-state index in [1.807, 2.05) is 18.3 Å². The van der Waals surface area contributed by atoms with Gasteiger partial charge in [0.15, 0.2) is 0 Å². The summed E-state index contributed by atoms with van der Waals surface area (Å²) >= 11 is 0. The van der Waals surface area contributed by atoms with E-state index in [1.165, 1.54) is 5.56 Å². The van der Waals surface area contributed by atoms with Gasteiger partial charge in [0.2, 0.25) is 0 Å². The number of nitrogens with one attached hydrogen (secondary N) is 1. The standard InChI is InChI=1S/C12H12N2O/c1-2-10-8-9(11-5-6-13-14-11)3-4-12(10)15-7-1/h3-6,8H,1-2,7H2,(H,13,14). The summed E-state index contributed by atoms with van der Waals surface area (Å²) in [6, 6.07) is 8.24. The van der Waals surface area contributed by atoms with Gasteiger partial charge in [-0.25, -0.2) is 0 Å². The van der Waals surface area contributed by atoms with E-state index in [0.29, 0.717) is 0 Å². The average molecular weight is 200 g/mol. The Morgan fingerprint density at radius 1 is 1.27 bits per heavy atom. The molecule has 15 heavy (non-hydrogen) atoms. The molecule has 0 unspecified atom stereocenters. The zero-order valence-electron chi connectivity index (χ0n) is 8.36. The number of hydrogen-bond acceptors (Lipinski definition) is 2. The first-order chi connectivity index (χ1) is 7.43. The van der Waals surface area contributed by atoms with Crippen LogP contribution in [0.1, 0.15) is 12.0 Å². The van der Waals surface area contributed by atoms with Gasteiger partial charge in [-0.15, -0.1) is 0 Å². The molecule has 1 aromatic heterocycles. The lowest BCUT2D eigenvalue weighted by Gasteiger charge is -2.17. The lowest BCUT2D eigenvalue weighted by atomic mass is 10.0. The predicted molar refractivity (Wildman–Crippen MR) is 57.8 cm³/mol. The highest BCUT2D eigenvalue weighted by molar-refractivity contribution is 5.61. The number of ether oxygens (including phenoxy) is 1. The van der Waals surface area contributed by atoms with Crippen LogP contribution in [0.15, 0.2) is 30.5 Å². The zero-order valence-corrected chi connectivity index (χ0v) is 8.36. The highest BCUT2D eigenvalue weighted by atomic mass is 16.5. The van der Waals surface area contributed by atoms with Crippen LogP contribution in [0.5, 0.6) is 5.75 Å². The quantitative estimate of drug-likeness (QED) is 0.767. The summed E-state index contributed by atoms with van der Waals surface area (Å²) < 4.78 is 5.57. The third-order valence-corrected chi connectivity index (χ3v) is 2.71. The van der Waals surface area contributed by atoms with Crippen molar-refractivity contribution in [1.82, 2.24) is 10.2 Å². The summed E-state index contributed by atoms with van der Waals surface area (Å²) in [6.07, 6.45) is 4.05. The number of H-pyrrole nitrogens is 1. The summed E-state index contributed by atoms with van der Waals surface area (Å²) in [4.78, 5) is 0. The molecule has 0 radical (unpaired) electrons. The van der Waals surface area contributed by atoms with E-state index in [0.717, 1.165) is 36.5 Å². The van der Waals surface area contributed by atoms with Crippen LogP contribution in [0.25, 0.3) is 11.3 Å². The highest BCUT2D eigenvalue weighted by Crippen LogP contribution is 2.29. The van der Waals surface area contributed by atoms with Crippen LogP contribution < -0.4 is 4.74 Å². The molecule has 0 amide bonds. The maximum atomic E-state index is 5.57. The van der Waals surface area contributed by atoms with Crippen LogP contribution in [-0.4, -0.2) is 16.8 Å². The largest absolute Gasteiger partial charge is 0.493 e. The molecule has 3 rings (SSSR count). The van der Waals surface area contributed by atoms with Crippen LogP contribution >= 0.6 is 0 Å². The fourth-order valence-corrected chi connectivity index (χ4v) is 1.94. The van der Waals surface area contributed by atoms with Gasteiger partial charge >= 0.3 is 0 Å². The van der Waals surface area contributed by atoms with E-state index in [1.54, 1.807) is 0 Å². The minimum Gasteiger partial charge on any atom is -0.493 e. The first-order valence-corrected chi connectivity index (χ1v) is 5.19. The molecule has 1 aromatic carbocycles. The molecule has 0 atom stereocenters. The van der Waals surface area contributed by atoms with Gasteiger partial charge in [-0.1, -0.05) is 0 Å². The van der Waals surface area contributed by atoms with Crippen molar-refractivity contribution in [2.45, 2.75) is 12.8 Å². The van der Waals surface area contributed by atoms with Crippen molar-refractivity contribution in [2.75, 3.05) is 6.61 Å². The highest BCUT2D eigenvalue weighted by Gasteiger charge is 2.11. The van der Waals surface area contributed by atoms with E-state index >= 15 is 0 Å². The Bertz CT molecular complexity index is 462. The minimum atomic E-state index is 0.842. The van der Waals surface area contributed by atoms with Crippen LogP contribution in [0.2, 0.25) is 0 Å². The molecule has 2 aromatic rings. The summed E-state index contributed by atoms with van der Waals surface area (Å²) in [5, 5.41) is 7.00. The Hall–Kier alpha value is -1.77. The minimum absolute atomic E-state index is 0.842. The van der Waals surface area contributed by atoms with E-state index in [4.69, 9.17) is 4.74 Å². The second-order valence-corrected chi connectivity index (χ2v) is 3.73. The molecule has 0 saturated carbocycles. The van der Waals surface area contributed by atoms with Crippen molar-refractivity contribution in [3.63, 3.8) is 0 Å². The maximum absolute atomic E-state index is 5.57. The molecule has 0 aliphatic carbocycles. The number of aromatic nitrogens is 2. The molecule has 1 aliphatic heterocycles. The summed E-state index contributed by atoms with van der Waals surface area (Å²) in [7, 11) is 0. The van der Waals surface area contributed by atoms with Crippen LogP contribution in [0.3, 0.4) is 0 Å². The number of aromatic amines is 1. The van der Waals surface area contributed by atoms with Gasteiger partial charge in [-0.05, 0) is 42.7 Å². The van der Waals surface area contributed by atoms with Gasteiger partial charge in [0.05, 0.1) is 12.3 Å². The molecule has 0 saturated heterocycles. The Kier molecular flexibility index (Phi) is 1.95. The fourth-order valence-electron chi connectivity index (χ4n) is 1.94. The molecular weight excluding hydrogens is 188 g/mol. The lowest BCUT2D eigenvalue weighted by Crippen LogP contribution is -2.08. The Balaban J connectivity index is 2.04. The Labute approximate surface area is 88.1 Å². The molecule has 0 bridgehead atoms. The molecule has 76 valence electrons. The van der Waals surface area contributed by atoms with Gasteiger partial charge in [-0.3, -0.25) is 5.10 Å². The van der Waals surface area contributed by atoms with Crippen molar-refractivity contribution >= 4 is 0 Å². The third-order valence-electron chi connectivity index (χ3n) is 2.71. The molecule has 1 N–H and O–H groups in total. The van der Waals surface area contributed by atoms with E-state index in [9.17, 15) is 0 Å². The number of benzene rings is 1. The van der Waals surface area contributed by atoms with Crippen LogP contribution in [-0.2, 0) is 6.42 Å². The van der Waals surface area contributed by atoms with Crippen molar-refractivity contribution < 1.29 is 4.74 Å². The first kappa shape index (κ1) is 8.53. The van der Waals surface area contributed by atoms with Gasteiger partial charge in [0.25, 0.3) is 0 Å². The zero-order chi connectivity index (χ0) is 10.1. The number of hydrogen-bond donors (Lipinski definition) is 1. The molecule has 2 heterocycles. The molecule has 3 nitrogen and oxygen atoms in total. The van der Waals surface area contributed by atoms with Crippen LogP contribution in [0.4, 0.5) is 0 Å². The first-order valence-electron chi connectivity index (χ1n) is 5.19. The SMILES string of the molecule is c1cc(-c2ccc3c(c2)CCCO3)n[nH]1. The summed E-state index contributed by atoms with van der Waals surface area (Å²) in [6.45, 7) is 0.842. The smallest absolute Gasteiger partial charge is 0.122 e. The van der Waals surface area contributed by atoms with Gasteiger partial charge in [-0.2, -0.15) is 5.10 Å². The number of rotatable bonds is 1. The number of fused-ring (bicyclic) bond motifs is 1. The lowest BCUT2D eigenvalue weighted by molar-refractivity contribution is 0.288. The van der Waals surface area contributed by atoms with E-state index in [-0.39, 0.29) is 0 Å². The predicted octanol–water partition coefficient (Wildman–Crippen LogP) is 2.40. The summed E-state index contributed by atoms with van der Waals surface area (Å²) in [5.74, 6) is 1.03. The monoisotopic (exact) mass is 200 g/mol. The van der Waals surface area contributed by atoms with Gasteiger partial charge < -0.3 is 4.74 Å².